The molecule has 8 nitrogen and oxygen atoms in total. The topological polar surface area (TPSA) is 116 Å². The molecule has 0 spiro atoms. The number of benzene rings is 1. The zero-order valence-corrected chi connectivity index (χ0v) is 24.2. The Morgan fingerprint density at radius 1 is 1.00 bits per heavy atom. The lowest BCUT2D eigenvalue weighted by atomic mass is 10.0. The third kappa shape index (κ3) is 4.31. The van der Waals surface area contributed by atoms with Crippen LogP contribution in [0.1, 0.15) is 39.6 Å². The number of H-pyrrole nitrogens is 2. The Kier molecular flexibility index (Phi) is 5.77. The molecule has 3 atom stereocenters. The van der Waals surface area contributed by atoms with Gasteiger partial charge in [0.15, 0.2) is 5.78 Å². The minimum Gasteiger partial charge on any atom is -0.352 e. The first kappa shape index (κ1) is 25.6. The molecule has 2 aliphatic carbocycles. The van der Waals surface area contributed by atoms with Crippen molar-refractivity contribution in [2.75, 3.05) is 0 Å². The molecule has 2 aliphatic rings. The van der Waals surface area contributed by atoms with Crippen molar-refractivity contribution in [2.24, 2.45) is 17.8 Å². The summed E-state index contributed by atoms with van der Waals surface area (Å²) in [6, 6.07) is 19.2. The summed E-state index contributed by atoms with van der Waals surface area (Å²) in [5.74, 6) is 1.09. The number of nitrogens with zero attached hydrogens (tertiary/aromatic N) is 3. The van der Waals surface area contributed by atoms with Crippen LogP contribution in [0.4, 0.5) is 0 Å². The number of aromatic nitrogens is 5. The molecule has 43 heavy (non-hydrogen) atoms. The van der Waals surface area contributed by atoms with E-state index in [-0.39, 0.29) is 11.7 Å². The summed E-state index contributed by atoms with van der Waals surface area (Å²) < 4.78 is 0. The minimum atomic E-state index is -0.0979. The number of amides is 1. The summed E-state index contributed by atoms with van der Waals surface area (Å²) in [5, 5.41) is 11.9. The zero-order chi connectivity index (χ0) is 29.2. The monoisotopic (exact) mass is 582 g/mol. The van der Waals surface area contributed by atoms with Crippen LogP contribution in [0.5, 0.6) is 0 Å². The van der Waals surface area contributed by atoms with Crippen molar-refractivity contribution >= 4 is 50.5 Å². The molecule has 5 heterocycles. The van der Waals surface area contributed by atoms with Gasteiger partial charge in [-0.05, 0) is 72.9 Å². The SMILES string of the molecule is CC(=O)c1ccc(-c2cncc3[nH]c(-c4n[nH]c5ccc(C6=CC7C(C(NC(=O)c8ccccc8)=C6)[C@@H]7C)nc45)cc23)s1. The number of carbonyl (C=O) groups is 2. The fourth-order valence-corrected chi connectivity index (χ4v) is 7.05. The second-order valence-corrected chi connectivity index (χ2v) is 12.3. The van der Waals surface area contributed by atoms with Gasteiger partial charge in [0.2, 0.25) is 0 Å². The number of pyridine rings is 2. The molecule has 210 valence electrons. The van der Waals surface area contributed by atoms with E-state index in [0.717, 1.165) is 59.9 Å². The number of rotatable bonds is 6. The molecule has 2 unspecified atom stereocenters. The Balaban J connectivity index is 1.15. The number of ketones is 1. The smallest absolute Gasteiger partial charge is 0.255 e. The Hall–Kier alpha value is -5.15. The van der Waals surface area contributed by atoms with Crippen LogP contribution >= 0.6 is 11.3 Å². The van der Waals surface area contributed by atoms with Crippen LogP contribution in [0.3, 0.4) is 0 Å². The van der Waals surface area contributed by atoms with Crippen LogP contribution in [0, 0.1) is 17.8 Å². The Morgan fingerprint density at radius 2 is 1.86 bits per heavy atom. The average molecular weight is 583 g/mol. The van der Waals surface area contributed by atoms with Crippen LogP contribution < -0.4 is 5.32 Å². The maximum atomic E-state index is 13.0. The van der Waals surface area contributed by atoms with E-state index < -0.39 is 0 Å². The molecule has 0 radical (unpaired) electrons. The van der Waals surface area contributed by atoms with Crippen molar-refractivity contribution in [3.05, 3.63) is 107 Å². The third-order valence-electron chi connectivity index (χ3n) is 8.51. The lowest BCUT2D eigenvalue weighted by Crippen LogP contribution is -2.25. The molecule has 1 aromatic carbocycles. The molecular weight excluding hydrogens is 556 g/mol. The molecule has 3 N–H and O–H groups in total. The summed E-state index contributed by atoms with van der Waals surface area (Å²) in [5.41, 5.74) is 8.35. The molecule has 0 aliphatic heterocycles. The van der Waals surface area contributed by atoms with Crippen molar-refractivity contribution in [2.45, 2.75) is 13.8 Å². The predicted molar refractivity (Wildman–Crippen MR) is 168 cm³/mol. The number of hydrogen-bond donors (Lipinski definition) is 3. The first-order valence-corrected chi connectivity index (χ1v) is 15.0. The molecule has 1 fully saturated rings. The number of Topliss-reactive ketones (excluding diaryl/α,β-unsaturated/α-hetero) is 1. The maximum absolute atomic E-state index is 13.0. The summed E-state index contributed by atoms with van der Waals surface area (Å²) in [7, 11) is 0. The number of allylic oxidation sites excluding steroid dienone is 4. The van der Waals surface area contributed by atoms with Crippen molar-refractivity contribution in [3.8, 4) is 21.8 Å². The maximum Gasteiger partial charge on any atom is 0.255 e. The van der Waals surface area contributed by atoms with Crippen molar-refractivity contribution in [3.63, 3.8) is 0 Å². The van der Waals surface area contributed by atoms with Crippen LogP contribution in [0.15, 0.2) is 90.9 Å². The first-order chi connectivity index (χ1) is 20.9. The summed E-state index contributed by atoms with van der Waals surface area (Å²) in [6.07, 6.45) is 7.97. The van der Waals surface area contributed by atoms with E-state index >= 15 is 0 Å². The van der Waals surface area contributed by atoms with Gasteiger partial charge in [-0.1, -0.05) is 31.2 Å². The van der Waals surface area contributed by atoms with E-state index in [1.54, 1.807) is 13.1 Å². The number of thiophene rings is 1. The number of nitrogens with one attached hydrogen (secondary N) is 3. The molecule has 6 aromatic rings. The predicted octanol–water partition coefficient (Wildman–Crippen LogP) is 7.03. The summed E-state index contributed by atoms with van der Waals surface area (Å²) in [6.45, 7) is 3.80. The van der Waals surface area contributed by atoms with Crippen LogP contribution in [-0.4, -0.2) is 36.8 Å². The molecule has 0 bridgehead atoms. The molecule has 8 rings (SSSR count). The van der Waals surface area contributed by atoms with E-state index in [4.69, 9.17) is 4.98 Å². The second-order valence-electron chi connectivity index (χ2n) is 11.2. The zero-order valence-electron chi connectivity index (χ0n) is 23.4. The van der Waals surface area contributed by atoms with Gasteiger partial charge in [0.1, 0.15) is 11.2 Å². The fourth-order valence-electron chi connectivity index (χ4n) is 6.12. The first-order valence-electron chi connectivity index (χ1n) is 14.2. The number of hydrogen-bond acceptors (Lipinski definition) is 6. The molecule has 1 saturated carbocycles. The third-order valence-corrected chi connectivity index (χ3v) is 9.73. The summed E-state index contributed by atoms with van der Waals surface area (Å²) in [4.78, 5) is 39.5. The molecule has 1 amide bonds. The molecule has 9 heteroatoms. The molecule has 5 aromatic heterocycles. The van der Waals surface area contributed by atoms with Gasteiger partial charge >= 0.3 is 0 Å². The van der Waals surface area contributed by atoms with Crippen LogP contribution in [-0.2, 0) is 0 Å². The standard InChI is InChI=1S/C34H26N6O2S/c1-17-21-12-20(13-26(31(17)21)38-34(42)19-6-4-3-5-7-19)24-8-9-25-32(37-24)33(40-39-25)27-14-22-23(15-35-16-28(22)36-27)30-11-10-29(43-30)18(2)41/h3-17,21,31,36H,1-2H3,(H,38,42)(H,39,40)/t17-,21?,31?/m1/s1. The normalized spacial score (nSPS) is 19.2. The van der Waals surface area contributed by atoms with Gasteiger partial charge in [0.25, 0.3) is 5.91 Å². The molecule has 0 saturated heterocycles. The van der Waals surface area contributed by atoms with Gasteiger partial charge in [0, 0.05) is 39.2 Å². The highest BCUT2D eigenvalue weighted by atomic mass is 32.1. The lowest BCUT2D eigenvalue weighted by molar-refractivity contribution is 0.0962. The number of fused-ring (bicyclic) bond motifs is 3. The number of carbonyl (C=O) groups excluding carboxylic acids is 2. The van der Waals surface area contributed by atoms with Crippen molar-refractivity contribution in [1.29, 1.82) is 0 Å². The highest BCUT2D eigenvalue weighted by Crippen LogP contribution is 2.54. The second kappa shape index (κ2) is 9.71. The minimum absolute atomic E-state index is 0.0521. The number of aromatic amines is 2. The van der Waals surface area contributed by atoms with Gasteiger partial charge in [-0.3, -0.25) is 19.7 Å². The van der Waals surface area contributed by atoms with E-state index in [1.165, 1.54) is 11.3 Å². The van der Waals surface area contributed by atoms with Crippen molar-refractivity contribution < 1.29 is 9.59 Å². The van der Waals surface area contributed by atoms with Gasteiger partial charge in [0.05, 0.1) is 33.5 Å². The Bertz CT molecular complexity index is 2150. The van der Waals surface area contributed by atoms with Crippen molar-refractivity contribution in [1.82, 2.24) is 30.5 Å². The van der Waals surface area contributed by atoms with Gasteiger partial charge < -0.3 is 10.3 Å². The highest BCUT2D eigenvalue weighted by Gasteiger charge is 2.49. The molecular formula is C34H26N6O2S. The average Bonchev–Trinajstić information content (AvgIpc) is 3.48. The van der Waals surface area contributed by atoms with Gasteiger partial charge in [-0.2, -0.15) is 5.10 Å². The van der Waals surface area contributed by atoms with E-state index in [0.29, 0.717) is 29.0 Å². The van der Waals surface area contributed by atoms with E-state index in [9.17, 15) is 9.59 Å². The lowest BCUT2D eigenvalue weighted by Gasteiger charge is -2.15. The van der Waals surface area contributed by atoms with Crippen LogP contribution in [0.25, 0.3) is 49.3 Å². The summed E-state index contributed by atoms with van der Waals surface area (Å²) >= 11 is 1.47. The Labute approximate surface area is 250 Å². The van der Waals surface area contributed by atoms with E-state index in [1.807, 2.05) is 60.8 Å². The van der Waals surface area contributed by atoms with Gasteiger partial charge in [-0.15, -0.1) is 11.3 Å². The highest BCUT2D eigenvalue weighted by molar-refractivity contribution is 7.17. The largest absolute Gasteiger partial charge is 0.352 e. The quantitative estimate of drug-likeness (QED) is 0.182. The van der Waals surface area contributed by atoms with Gasteiger partial charge in [-0.25, -0.2) is 4.98 Å². The fraction of sp³-hybridized carbons (Fsp3) is 0.147. The Morgan fingerprint density at radius 3 is 2.67 bits per heavy atom. The van der Waals surface area contributed by atoms with Crippen LogP contribution in [0.2, 0.25) is 0 Å². The van der Waals surface area contributed by atoms with E-state index in [2.05, 4.69) is 50.6 Å².